The van der Waals surface area contributed by atoms with Crippen LogP contribution >= 0.6 is 0 Å². The summed E-state index contributed by atoms with van der Waals surface area (Å²) < 4.78 is 46.6. The average molecular weight is 349 g/mol. The molecule has 0 saturated carbocycles. The molecule has 2 aromatic carbocycles. The number of carbonyl (C=O) groups excluding carboxylic acids is 1. The highest BCUT2D eigenvalue weighted by molar-refractivity contribution is 6.07. The van der Waals surface area contributed by atoms with E-state index >= 15 is 0 Å². The summed E-state index contributed by atoms with van der Waals surface area (Å²) in [5.74, 6) is -0.713. The molecule has 0 atom stereocenters. The second kappa shape index (κ2) is 6.16. The molecule has 0 radical (unpaired) electrons. The summed E-state index contributed by atoms with van der Waals surface area (Å²) in [6, 6.07) is 12.4. The molecule has 1 aromatic heterocycles. The van der Waals surface area contributed by atoms with Crippen LogP contribution in [0.1, 0.15) is 16.1 Å². The van der Waals surface area contributed by atoms with Crippen LogP contribution < -0.4 is 9.64 Å². The number of nitrogens with zero attached hydrogens (tertiary/aromatic N) is 1. The number of hydrogen-bond donors (Lipinski definition) is 0. The van der Waals surface area contributed by atoms with E-state index in [9.17, 15) is 18.0 Å². The Balaban J connectivity index is 1.92. The number of rotatable bonds is 3. The fourth-order valence-corrected chi connectivity index (χ4v) is 2.54. The first-order chi connectivity index (χ1) is 11.8. The number of aryl methyl sites for hydroxylation is 1. The maximum absolute atomic E-state index is 12.7. The molecule has 4 nitrogen and oxygen atoms in total. The van der Waals surface area contributed by atoms with Crippen molar-refractivity contribution in [2.75, 3.05) is 11.9 Å². The van der Waals surface area contributed by atoms with E-state index in [1.807, 2.05) is 12.1 Å². The zero-order valence-corrected chi connectivity index (χ0v) is 13.4. The Bertz CT molecular complexity index is 931. The lowest BCUT2D eigenvalue weighted by Gasteiger charge is -2.18. The Morgan fingerprint density at radius 2 is 1.84 bits per heavy atom. The Morgan fingerprint density at radius 3 is 2.52 bits per heavy atom. The lowest BCUT2D eigenvalue weighted by atomic mass is 10.1. The van der Waals surface area contributed by atoms with E-state index in [4.69, 9.17) is 4.42 Å². The molecule has 3 rings (SSSR count). The number of carbonyl (C=O) groups is 1. The standard InChI is InChI=1S/C18H14F3NO3/c1-11-14-8-3-4-9-15(14)24-16(11)17(23)22(2)12-6-5-7-13(10-12)25-18(19,20)21/h3-10H,1-2H3. The van der Waals surface area contributed by atoms with Crippen LogP contribution in [-0.4, -0.2) is 19.3 Å². The van der Waals surface area contributed by atoms with Crippen LogP contribution in [0.2, 0.25) is 0 Å². The van der Waals surface area contributed by atoms with Crippen molar-refractivity contribution < 1.29 is 27.1 Å². The average Bonchev–Trinajstić information content (AvgIpc) is 2.89. The summed E-state index contributed by atoms with van der Waals surface area (Å²) in [5, 5.41) is 0.813. The van der Waals surface area contributed by atoms with Gasteiger partial charge in [-0.2, -0.15) is 0 Å². The fraction of sp³-hybridized carbons (Fsp3) is 0.167. The molecular formula is C18H14F3NO3. The molecule has 0 spiro atoms. The molecule has 1 amide bonds. The summed E-state index contributed by atoms with van der Waals surface area (Å²) in [5.41, 5.74) is 1.51. The first-order valence-electron chi connectivity index (χ1n) is 7.38. The monoisotopic (exact) mass is 349 g/mol. The molecule has 0 bridgehead atoms. The molecule has 3 aromatic rings. The van der Waals surface area contributed by atoms with Crippen molar-refractivity contribution in [3.05, 3.63) is 59.9 Å². The molecule has 0 aliphatic heterocycles. The molecule has 130 valence electrons. The van der Waals surface area contributed by atoms with Gasteiger partial charge in [0.2, 0.25) is 0 Å². The molecular weight excluding hydrogens is 335 g/mol. The van der Waals surface area contributed by atoms with Crippen LogP contribution in [0.4, 0.5) is 18.9 Å². The lowest BCUT2D eigenvalue weighted by Crippen LogP contribution is -2.26. The minimum Gasteiger partial charge on any atom is -0.451 e. The van der Waals surface area contributed by atoms with Crippen molar-refractivity contribution in [1.29, 1.82) is 0 Å². The van der Waals surface area contributed by atoms with Crippen molar-refractivity contribution in [3.8, 4) is 5.75 Å². The molecule has 7 heteroatoms. The quantitative estimate of drug-likeness (QED) is 0.674. The number of halogens is 3. The fourth-order valence-electron chi connectivity index (χ4n) is 2.54. The lowest BCUT2D eigenvalue weighted by molar-refractivity contribution is -0.274. The van der Waals surface area contributed by atoms with Crippen molar-refractivity contribution in [3.63, 3.8) is 0 Å². The maximum Gasteiger partial charge on any atom is 0.573 e. The number of benzene rings is 2. The number of furan rings is 1. The van der Waals surface area contributed by atoms with Gasteiger partial charge >= 0.3 is 6.36 Å². The van der Waals surface area contributed by atoms with Gasteiger partial charge in [0.15, 0.2) is 5.76 Å². The molecule has 1 heterocycles. The first-order valence-corrected chi connectivity index (χ1v) is 7.38. The first kappa shape index (κ1) is 16.9. The number of hydrogen-bond acceptors (Lipinski definition) is 3. The highest BCUT2D eigenvalue weighted by Crippen LogP contribution is 2.29. The number of fused-ring (bicyclic) bond motifs is 1. The van der Waals surface area contributed by atoms with Crippen molar-refractivity contribution >= 4 is 22.6 Å². The minimum absolute atomic E-state index is 0.144. The summed E-state index contributed by atoms with van der Waals surface area (Å²) >= 11 is 0. The Hall–Kier alpha value is -2.96. The van der Waals surface area contributed by atoms with Gasteiger partial charge in [0.25, 0.3) is 5.91 Å². The van der Waals surface area contributed by atoms with Gasteiger partial charge in [0, 0.05) is 29.8 Å². The third-order valence-corrected chi connectivity index (χ3v) is 3.78. The highest BCUT2D eigenvalue weighted by Gasteiger charge is 2.31. The van der Waals surface area contributed by atoms with Gasteiger partial charge < -0.3 is 14.1 Å². The van der Waals surface area contributed by atoms with Crippen LogP contribution in [0.5, 0.6) is 5.75 Å². The van der Waals surface area contributed by atoms with Crippen molar-refractivity contribution in [1.82, 2.24) is 0 Å². The van der Waals surface area contributed by atoms with Crippen molar-refractivity contribution in [2.24, 2.45) is 0 Å². The number of alkyl halides is 3. The number of amides is 1. The van der Waals surface area contributed by atoms with Gasteiger partial charge in [-0.3, -0.25) is 4.79 Å². The van der Waals surface area contributed by atoms with Crippen LogP contribution in [0.15, 0.2) is 52.9 Å². The normalized spacial score (nSPS) is 11.6. The van der Waals surface area contributed by atoms with E-state index < -0.39 is 18.0 Å². The topological polar surface area (TPSA) is 42.7 Å². The van der Waals surface area contributed by atoms with Gasteiger partial charge in [-0.15, -0.1) is 13.2 Å². The summed E-state index contributed by atoms with van der Waals surface area (Å²) in [4.78, 5) is 13.9. The van der Waals surface area contributed by atoms with E-state index in [-0.39, 0.29) is 11.4 Å². The zero-order chi connectivity index (χ0) is 18.2. The van der Waals surface area contributed by atoms with Gasteiger partial charge in [-0.1, -0.05) is 24.3 Å². The Kier molecular flexibility index (Phi) is 4.16. The molecule has 25 heavy (non-hydrogen) atoms. The smallest absolute Gasteiger partial charge is 0.451 e. The summed E-state index contributed by atoms with van der Waals surface area (Å²) in [6.07, 6.45) is -4.80. The van der Waals surface area contributed by atoms with E-state index in [2.05, 4.69) is 4.74 Å². The predicted molar refractivity (Wildman–Crippen MR) is 86.8 cm³/mol. The third kappa shape index (κ3) is 3.45. The minimum atomic E-state index is -4.80. The number of para-hydroxylation sites is 1. The summed E-state index contributed by atoms with van der Waals surface area (Å²) in [7, 11) is 1.46. The van der Waals surface area contributed by atoms with Crippen molar-refractivity contribution in [2.45, 2.75) is 13.3 Å². The van der Waals surface area contributed by atoms with Crippen LogP contribution in [0.3, 0.4) is 0 Å². The second-order valence-electron chi connectivity index (χ2n) is 5.46. The molecule has 0 saturated heterocycles. The van der Waals surface area contributed by atoms with Crippen LogP contribution in [0.25, 0.3) is 11.0 Å². The Labute approximate surface area is 141 Å². The number of ether oxygens (including phenoxy) is 1. The molecule has 0 aliphatic carbocycles. The third-order valence-electron chi connectivity index (χ3n) is 3.78. The SMILES string of the molecule is Cc1c(C(=O)N(C)c2cccc(OC(F)(F)F)c2)oc2ccccc12. The predicted octanol–water partition coefficient (Wildman–Crippen LogP) is 4.92. The highest BCUT2D eigenvalue weighted by atomic mass is 19.4. The van der Waals surface area contributed by atoms with Gasteiger partial charge in [-0.05, 0) is 25.1 Å². The number of anilines is 1. The second-order valence-corrected chi connectivity index (χ2v) is 5.46. The largest absolute Gasteiger partial charge is 0.573 e. The Morgan fingerprint density at radius 1 is 1.12 bits per heavy atom. The molecule has 0 aliphatic rings. The van der Waals surface area contributed by atoms with E-state index in [1.165, 1.54) is 30.1 Å². The molecule has 0 N–H and O–H groups in total. The summed E-state index contributed by atoms with van der Waals surface area (Å²) in [6.45, 7) is 1.76. The molecule has 0 unspecified atom stereocenters. The van der Waals surface area contributed by atoms with Gasteiger partial charge in [-0.25, -0.2) is 0 Å². The van der Waals surface area contributed by atoms with Gasteiger partial charge in [0.1, 0.15) is 11.3 Å². The van der Waals surface area contributed by atoms with Crippen LogP contribution in [0, 0.1) is 6.92 Å². The maximum atomic E-state index is 12.7. The van der Waals surface area contributed by atoms with Crippen LogP contribution in [-0.2, 0) is 0 Å². The van der Waals surface area contributed by atoms with E-state index in [1.54, 1.807) is 19.1 Å². The van der Waals surface area contributed by atoms with E-state index in [0.29, 0.717) is 11.1 Å². The van der Waals surface area contributed by atoms with Gasteiger partial charge in [0.05, 0.1) is 0 Å². The molecule has 0 fully saturated rings. The zero-order valence-electron chi connectivity index (χ0n) is 13.4. The van der Waals surface area contributed by atoms with E-state index in [0.717, 1.165) is 11.5 Å².